The molecule has 2 aromatic heterocycles. The minimum Gasteiger partial charge on any atom is -0.490 e. The summed E-state index contributed by atoms with van der Waals surface area (Å²) < 4.78 is 43.9. The van der Waals surface area contributed by atoms with Crippen LogP contribution in [0.15, 0.2) is 93.7 Å². The first-order valence-electron chi connectivity index (χ1n) is 18.2. The van der Waals surface area contributed by atoms with Crippen molar-refractivity contribution in [1.29, 1.82) is 0 Å². The molecule has 5 rings (SSSR count). The molecule has 1 atom stereocenters. The monoisotopic (exact) mass is 774 g/mol. The van der Waals surface area contributed by atoms with Crippen LogP contribution in [0.25, 0.3) is 27.8 Å². The second kappa shape index (κ2) is 18.1. The highest BCUT2D eigenvalue weighted by atomic mass is 32.2. The van der Waals surface area contributed by atoms with E-state index in [1.54, 1.807) is 28.8 Å². The van der Waals surface area contributed by atoms with Crippen LogP contribution in [-0.4, -0.2) is 67.6 Å². The third-order valence-electron chi connectivity index (χ3n) is 8.74. The molecule has 3 aromatic carbocycles. The Balaban J connectivity index is 0.000000246. The third-order valence-corrected chi connectivity index (χ3v) is 9.87. The lowest BCUT2D eigenvalue weighted by molar-refractivity contribution is 0.201. The number of sulfone groups is 1. The van der Waals surface area contributed by atoms with Crippen LogP contribution in [0.4, 0.5) is 4.39 Å². The summed E-state index contributed by atoms with van der Waals surface area (Å²) in [6.07, 6.45) is 2.67. The highest BCUT2D eigenvalue weighted by Gasteiger charge is 2.19. The summed E-state index contributed by atoms with van der Waals surface area (Å²) in [5, 5.41) is 4.27. The molecular formula is C41H55FN8O4S. The highest BCUT2D eigenvalue weighted by molar-refractivity contribution is 7.90. The first kappa shape index (κ1) is 42.7. The smallest absolute Gasteiger partial charge is 0.354 e. The molecule has 2 heterocycles. The molecule has 14 heteroatoms. The van der Waals surface area contributed by atoms with Gasteiger partial charge in [0, 0.05) is 48.6 Å². The first-order valence-corrected chi connectivity index (χ1v) is 20.0. The summed E-state index contributed by atoms with van der Waals surface area (Å²) in [6.45, 7) is 14.6. The number of benzene rings is 3. The van der Waals surface area contributed by atoms with Gasteiger partial charge in [0.15, 0.2) is 15.8 Å². The summed E-state index contributed by atoms with van der Waals surface area (Å²) in [6, 6.07) is 22.4. The molecular weight excluding hydrogens is 720 g/mol. The van der Waals surface area contributed by atoms with Gasteiger partial charge in [-0.3, -0.25) is 9.56 Å². The van der Waals surface area contributed by atoms with Gasteiger partial charge in [-0.2, -0.15) is 4.98 Å². The van der Waals surface area contributed by atoms with E-state index in [-0.39, 0.29) is 40.5 Å². The fourth-order valence-electron chi connectivity index (χ4n) is 5.43. The Bertz CT molecular complexity index is 2230. The number of alkyl halides is 1. The molecule has 0 aliphatic rings. The number of halogens is 1. The molecule has 8 N–H and O–H groups in total. The van der Waals surface area contributed by atoms with Crippen molar-refractivity contribution >= 4 is 26.8 Å². The number of ether oxygens (including phenoxy) is 1. The molecule has 0 bridgehead atoms. The molecule has 0 aliphatic carbocycles. The molecule has 0 radical (unpaired) electrons. The van der Waals surface area contributed by atoms with Gasteiger partial charge in [0.05, 0.1) is 10.6 Å². The van der Waals surface area contributed by atoms with Crippen LogP contribution >= 0.6 is 0 Å². The van der Waals surface area contributed by atoms with E-state index in [9.17, 15) is 17.6 Å². The van der Waals surface area contributed by atoms with Gasteiger partial charge in [0.2, 0.25) is 0 Å². The molecule has 0 aliphatic heterocycles. The Morgan fingerprint density at radius 2 is 1.64 bits per heavy atom. The Hall–Kier alpha value is -5.05. The van der Waals surface area contributed by atoms with Crippen LogP contribution in [0.2, 0.25) is 0 Å². The first-order chi connectivity index (χ1) is 25.7. The number of hydrogen-bond donors (Lipinski definition) is 5. The number of fused-ring (bicyclic) bond motifs is 1. The summed E-state index contributed by atoms with van der Waals surface area (Å²) >= 11 is 0. The highest BCUT2D eigenvalue weighted by Crippen LogP contribution is 2.33. The maximum Gasteiger partial charge on any atom is 0.354 e. The van der Waals surface area contributed by atoms with Crippen LogP contribution in [0.1, 0.15) is 64.8 Å². The van der Waals surface area contributed by atoms with E-state index in [2.05, 4.69) is 67.9 Å². The Morgan fingerprint density at radius 1 is 0.964 bits per heavy atom. The number of guanidine groups is 1. The van der Waals surface area contributed by atoms with Crippen molar-refractivity contribution in [2.45, 2.75) is 76.4 Å². The number of nitrogens with zero attached hydrogens (tertiary/aromatic N) is 3. The topological polar surface area (TPSA) is 196 Å². The lowest BCUT2D eigenvalue weighted by Gasteiger charge is -2.22. The van der Waals surface area contributed by atoms with Crippen LogP contribution in [-0.2, 0) is 27.2 Å². The van der Waals surface area contributed by atoms with E-state index in [0.29, 0.717) is 17.9 Å². The van der Waals surface area contributed by atoms with Gasteiger partial charge in [-0.25, -0.2) is 17.6 Å². The van der Waals surface area contributed by atoms with Crippen LogP contribution in [0, 0.1) is 0 Å². The summed E-state index contributed by atoms with van der Waals surface area (Å²) in [5.41, 5.74) is 21.8. The fourth-order valence-corrected chi connectivity index (χ4v) is 6.06. The van der Waals surface area contributed by atoms with Crippen molar-refractivity contribution in [1.82, 2.24) is 19.9 Å². The largest absolute Gasteiger partial charge is 0.490 e. The number of aromatic amines is 1. The summed E-state index contributed by atoms with van der Waals surface area (Å²) in [4.78, 5) is 24.2. The second-order valence-electron chi connectivity index (χ2n) is 15.6. The van der Waals surface area contributed by atoms with Crippen molar-refractivity contribution in [2.24, 2.45) is 22.2 Å². The van der Waals surface area contributed by atoms with E-state index in [4.69, 9.17) is 21.9 Å². The molecule has 296 valence electrons. The molecule has 55 heavy (non-hydrogen) atoms. The van der Waals surface area contributed by atoms with E-state index < -0.39 is 16.0 Å². The Labute approximate surface area is 323 Å². The minimum atomic E-state index is -3.24. The number of nitrogens with one attached hydrogen (secondary N) is 2. The predicted molar refractivity (Wildman–Crippen MR) is 221 cm³/mol. The summed E-state index contributed by atoms with van der Waals surface area (Å²) in [5.74, 6) is 0.688. The van der Waals surface area contributed by atoms with Gasteiger partial charge in [-0.1, -0.05) is 71.9 Å². The number of aromatic nitrogens is 3. The zero-order valence-electron chi connectivity index (χ0n) is 32.8. The molecule has 0 saturated carbocycles. The molecule has 5 aromatic rings. The van der Waals surface area contributed by atoms with Gasteiger partial charge in [0.1, 0.15) is 24.2 Å². The van der Waals surface area contributed by atoms with Gasteiger partial charge in [-0.15, -0.1) is 0 Å². The van der Waals surface area contributed by atoms with Crippen molar-refractivity contribution in [2.75, 3.05) is 32.5 Å². The molecule has 0 spiro atoms. The lowest BCUT2D eigenvalue weighted by atomic mass is 9.85. The second-order valence-corrected chi connectivity index (χ2v) is 17.6. The molecule has 0 saturated heterocycles. The van der Waals surface area contributed by atoms with Gasteiger partial charge in [-0.05, 0) is 83.1 Å². The predicted octanol–water partition coefficient (Wildman–Crippen LogP) is 5.49. The average Bonchev–Trinajstić information content (AvgIpc) is 3.55. The van der Waals surface area contributed by atoms with Crippen LogP contribution in [0.5, 0.6) is 5.75 Å². The van der Waals surface area contributed by atoms with E-state index in [1.807, 2.05) is 48.7 Å². The quantitative estimate of drug-likeness (QED) is 0.0584. The third kappa shape index (κ3) is 12.5. The maximum absolute atomic E-state index is 13.4. The van der Waals surface area contributed by atoms with E-state index in [0.717, 1.165) is 58.5 Å². The summed E-state index contributed by atoms with van der Waals surface area (Å²) in [7, 11) is -3.24. The maximum atomic E-state index is 13.4. The van der Waals surface area contributed by atoms with Crippen molar-refractivity contribution < 1.29 is 17.5 Å². The lowest BCUT2D eigenvalue weighted by Crippen LogP contribution is -2.23. The molecule has 0 unspecified atom stereocenters. The van der Waals surface area contributed by atoms with Gasteiger partial charge >= 0.3 is 5.69 Å². The van der Waals surface area contributed by atoms with Crippen LogP contribution in [0.3, 0.4) is 0 Å². The van der Waals surface area contributed by atoms with Crippen molar-refractivity contribution in [3.8, 4) is 22.6 Å². The normalized spacial score (nSPS) is 12.5. The Morgan fingerprint density at radius 3 is 2.22 bits per heavy atom. The van der Waals surface area contributed by atoms with E-state index in [1.165, 1.54) is 6.26 Å². The molecule has 12 nitrogen and oxygen atoms in total. The number of aliphatic imine (C=N–C) groups is 1. The van der Waals surface area contributed by atoms with Crippen molar-refractivity contribution in [3.05, 3.63) is 106 Å². The number of nitrogens with two attached hydrogens (primary N) is 3. The number of rotatable bonds is 13. The number of hydrogen-bond acceptors (Lipinski definition) is 8. The SMILES string of the molecule is CC(C)(C)c1cc(OC[C@H](F)CN)cc(-c2ccc(S(C)(=O)=O)cc2)c1.CC(C)(C)c1cc2cn(-c3ccc(CNCCCN=C(N)N)cc3)c(=O)nc2[nH]1. The Kier molecular flexibility index (Phi) is 14.0. The fraction of sp³-hybridized carbons (Fsp3) is 0.390. The van der Waals surface area contributed by atoms with E-state index >= 15 is 0 Å². The van der Waals surface area contributed by atoms with Crippen molar-refractivity contribution in [3.63, 3.8) is 0 Å². The van der Waals surface area contributed by atoms with Gasteiger partial charge < -0.3 is 32.2 Å². The standard InChI is InChI=1S/C21H29N7O.C20H26FNO3S/c1-21(2,3)17-11-15-13-28(20(29)27-18(15)26-17)16-7-5-14(6-8-16)12-24-9-4-10-25-19(22)23;1-20(2,3)16-9-15(10-18(11-16)25-13-17(21)12-22)14-5-7-19(8-6-14)26(4,23)24/h5-8,11,13,24H,4,9-10,12H2,1-3H3,(H4,22,23,25)(H,26,27,29);5-11,17H,12-13,22H2,1-4H3/t;17-/m.1/s1. The average molecular weight is 775 g/mol. The molecule has 0 fully saturated rings. The number of H-pyrrole nitrogens is 1. The van der Waals surface area contributed by atoms with Gasteiger partial charge in [0.25, 0.3) is 0 Å². The molecule has 0 amide bonds. The zero-order valence-corrected chi connectivity index (χ0v) is 33.6. The zero-order chi connectivity index (χ0) is 40.6. The van der Waals surface area contributed by atoms with Crippen LogP contribution < -0.4 is 32.9 Å². The minimum absolute atomic E-state index is 0.0352.